The van der Waals surface area contributed by atoms with Crippen LogP contribution in [0.2, 0.25) is 0 Å². The fraction of sp³-hybridized carbons (Fsp3) is 0.471. The molecule has 3 aromatic heterocycles. The van der Waals surface area contributed by atoms with E-state index in [-0.39, 0.29) is 6.61 Å². The van der Waals surface area contributed by atoms with E-state index in [1.54, 1.807) is 4.68 Å². The molecule has 128 valence electrons. The highest BCUT2D eigenvalue weighted by atomic mass is 16.3. The van der Waals surface area contributed by atoms with Gasteiger partial charge in [0.25, 0.3) is 0 Å². The monoisotopic (exact) mass is 329 g/mol. The Hall–Kier alpha value is -2.41. The number of nitrogens with zero attached hydrogens (tertiary/aromatic N) is 5. The molecule has 0 bridgehead atoms. The van der Waals surface area contributed by atoms with Gasteiger partial charge in [-0.25, -0.2) is 9.67 Å². The number of aromatic nitrogens is 5. The maximum atomic E-state index is 9.24. The maximum Gasteiger partial charge on any atom is 0.217 e. The number of hydrogen-bond acceptors (Lipinski definition) is 5. The third-order valence-electron chi connectivity index (χ3n) is 3.89. The molecule has 24 heavy (non-hydrogen) atoms. The molecular formula is C17H23N5O2. The number of furan rings is 1. The Balaban J connectivity index is 1.71. The Labute approximate surface area is 140 Å². The zero-order valence-electron chi connectivity index (χ0n) is 14.4. The third kappa shape index (κ3) is 3.56. The first kappa shape index (κ1) is 16.4. The molecule has 0 amide bonds. The molecular weight excluding hydrogens is 306 g/mol. The molecule has 1 N–H and O–H groups in total. The van der Waals surface area contributed by atoms with Crippen molar-refractivity contribution in [3.05, 3.63) is 41.2 Å². The van der Waals surface area contributed by atoms with Crippen molar-refractivity contribution in [1.82, 2.24) is 24.5 Å². The summed E-state index contributed by atoms with van der Waals surface area (Å²) in [6.07, 6.45) is 1.67. The number of aliphatic hydroxyl groups excluding tert-OH is 1. The Kier molecular flexibility index (Phi) is 4.80. The molecule has 0 aromatic carbocycles. The molecule has 7 nitrogen and oxygen atoms in total. The van der Waals surface area contributed by atoms with Gasteiger partial charge in [-0.1, -0.05) is 0 Å². The van der Waals surface area contributed by atoms with Crippen LogP contribution in [-0.2, 0) is 19.5 Å². The van der Waals surface area contributed by atoms with Crippen LogP contribution in [0.25, 0.3) is 11.6 Å². The summed E-state index contributed by atoms with van der Waals surface area (Å²) >= 11 is 0. The summed E-state index contributed by atoms with van der Waals surface area (Å²) < 4.78 is 9.36. The van der Waals surface area contributed by atoms with Crippen molar-refractivity contribution >= 4 is 0 Å². The molecule has 0 fully saturated rings. The topological polar surface area (TPSA) is 81.9 Å². The van der Waals surface area contributed by atoms with Crippen molar-refractivity contribution in [2.24, 2.45) is 0 Å². The van der Waals surface area contributed by atoms with Crippen molar-refractivity contribution < 1.29 is 9.52 Å². The minimum atomic E-state index is 0.0322. The second kappa shape index (κ2) is 7.00. The first-order valence-corrected chi connectivity index (χ1v) is 8.19. The van der Waals surface area contributed by atoms with Gasteiger partial charge in [-0.15, -0.1) is 5.10 Å². The Bertz CT molecular complexity index is 815. The van der Waals surface area contributed by atoms with Gasteiger partial charge in [0, 0.05) is 18.7 Å². The van der Waals surface area contributed by atoms with Gasteiger partial charge in [-0.2, -0.15) is 5.10 Å². The van der Waals surface area contributed by atoms with Crippen molar-refractivity contribution in [2.75, 3.05) is 6.61 Å². The standard InChI is InChI=1S/C17H23N5O2/c1-12-11-13(2)21(19-12)8-4-5-16-18-17(20-22(16)9-10-23)15-7-6-14(3)24-15/h6-7,11,23H,4-5,8-10H2,1-3H3. The van der Waals surface area contributed by atoms with E-state index in [1.807, 2.05) is 30.7 Å². The van der Waals surface area contributed by atoms with Crippen LogP contribution in [0.15, 0.2) is 22.6 Å². The Morgan fingerprint density at radius 3 is 2.54 bits per heavy atom. The van der Waals surface area contributed by atoms with Crippen LogP contribution in [0.5, 0.6) is 0 Å². The maximum absolute atomic E-state index is 9.24. The minimum absolute atomic E-state index is 0.0322. The van der Waals surface area contributed by atoms with Crippen LogP contribution in [0.1, 0.15) is 29.4 Å². The molecule has 0 spiro atoms. The van der Waals surface area contributed by atoms with Crippen LogP contribution in [-0.4, -0.2) is 36.3 Å². The molecule has 0 aliphatic rings. The molecule has 3 heterocycles. The highest BCUT2D eigenvalue weighted by molar-refractivity contribution is 5.46. The number of aliphatic hydroxyl groups is 1. The van der Waals surface area contributed by atoms with Gasteiger partial charge in [-0.3, -0.25) is 4.68 Å². The van der Waals surface area contributed by atoms with E-state index in [0.717, 1.165) is 42.4 Å². The van der Waals surface area contributed by atoms with E-state index in [0.29, 0.717) is 18.1 Å². The first-order valence-electron chi connectivity index (χ1n) is 8.19. The quantitative estimate of drug-likeness (QED) is 0.719. The predicted octanol–water partition coefficient (Wildman–Crippen LogP) is 2.28. The Morgan fingerprint density at radius 1 is 1.08 bits per heavy atom. The van der Waals surface area contributed by atoms with Crippen molar-refractivity contribution in [2.45, 2.75) is 46.7 Å². The van der Waals surface area contributed by atoms with Gasteiger partial charge in [0.2, 0.25) is 5.82 Å². The smallest absolute Gasteiger partial charge is 0.217 e. The lowest BCUT2D eigenvalue weighted by Crippen LogP contribution is -2.10. The van der Waals surface area contributed by atoms with E-state index < -0.39 is 0 Å². The average Bonchev–Trinajstić information content (AvgIpc) is 3.20. The summed E-state index contributed by atoms with van der Waals surface area (Å²) in [6, 6.07) is 5.84. The van der Waals surface area contributed by atoms with E-state index in [9.17, 15) is 5.11 Å². The number of aryl methyl sites for hydroxylation is 5. The molecule has 3 rings (SSSR count). The fourth-order valence-electron chi connectivity index (χ4n) is 2.78. The van der Waals surface area contributed by atoms with Crippen LogP contribution in [0.3, 0.4) is 0 Å². The second-order valence-corrected chi connectivity index (χ2v) is 5.96. The number of hydrogen-bond donors (Lipinski definition) is 1. The molecule has 0 unspecified atom stereocenters. The molecule has 0 aliphatic carbocycles. The summed E-state index contributed by atoms with van der Waals surface area (Å²) in [7, 11) is 0. The van der Waals surface area contributed by atoms with Crippen molar-refractivity contribution in [3.63, 3.8) is 0 Å². The molecule has 0 saturated heterocycles. The average molecular weight is 329 g/mol. The summed E-state index contributed by atoms with van der Waals surface area (Å²) in [5.41, 5.74) is 2.20. The summed E-state index contributed by atoms with van der Waals surface area (Å²) in [4.78, 5) is 4.59. The SMILES string of the molecule is Cc1cc(C)n(CCCc2nc(-c3ccc(C)o3)nn2CCO)n1. The van der Waals surface area contributed by atoms with E-state index in [2.05, 4.69) is 28.2 Å². The fourth-order valence-corrected chi connectivity index (χ4v) is 2.78. The van der Waals surface area contributed by atoms with E-state index in [1.165, 1.54) is 0 Å². The molecule has 0 atom stereocenters. The number of rotatable bonds is 7. The van der Waals surface area contributed by atoms with Crippen LogP contribution in [0.4, 0.5) is 0 Å². The van der Waals surface area contributed by atoms with E-state index >= 15 is 0 Å². The second-order valence-electron chi connectivity index (χ2n) is 5.96. The highest BCUT2D eigenvalue weighted by Crippen LogP contribution is 2.19. The molecule has 0 aliphatic heterocycles. The van der Waals surface area contributed by atoms with Gasteiger partial charge in [-0.05, 0) is 45.4 Å². The normalized spacial score (nSPS) is 11.3. The third-order valence-corrected chi connectivity index (χ3v) is 3.89. The van der Waals surface area contributed by atoms with Crippen LogP contribution >= 0.6 is 0 Å². The van der Waals surface area contributed by atoms with Crippen molar-refractivity contribution in [3.8, 4) is 11.6 Å². The van der Waals surface area contributed by atoms with E-state index in [4.69, 9.17) is 4.42 Å². The lowest BCUT2D eigenvalue weighted by atomic mass is 10.3. The molecule has 0 radical (unpaired) electrons. The highest BCUT2D eigenvalue weighted by Gasteiger charge is 2.14. The first-order chi connectivity index (χ1) is 11.6. The van der Waals surface area contributed by atoms with Crippen LogP contribution < -0.4 is 0 Å². The summed E-state index contributed by atoms with van der Waals surface area (Å²) in [5, 5.41) is 18.2. The van der Waals surface area contributed by atoms with Gasteiger partial charge in [0.15, 0.2) is 5.76 Å². The molecule has 0 saturated carbocycles. The van der Waals surface area contributed by atoms with Gasteiger partial charge < -0.3 is 9.52 Å². The van der Waals surface area contributed by atoms with Gasteiger partial charge in [0.05, 0.1) is 18.8 Å². The zero-order chi connectivity index (χ0) is 17.1. The minimum Gasteiger partial charge on any atom is -0.458 e. The summed E-state index contributed by atoms with van der Waals surface area (Å²) in [6.45, 7) is 7.25. The molecule has 3 aromatic rings. The largest absolute Gasteiger partial charge is 0.458 e. The zero-order valence-corrected chi connectivity index (χ0v) is 14.4. The van der Waals surface area contributed by atoms with Crippen molar-refractivity contribution in [1.29, 1.82) is 0 Å². The van der Waals surface area contributed by atoms with Crippen LogP contribution in [0, 0.1) is 20.8 Å². The van der Waals surface area contributed by atoms with Gasteiger partial charge in [0.1, 0.15) is 11.6 Å². The van der Waals surface area contributed by atoms with Gasteiger partial charge >= 0.3 is 0 Å². The molecule has 7 heteroatoms. The lowest BCUT2D eigenvalue weighted by molar-refractivity contribution is 0.266. The summed E-state index contributed by atoms with van der Waals surface area (Å²) in [5.74, 6) is 2.91. The Morgan fingerprint density at radius 2 is 1.92 bits per heavy atom. The lowest BCUT2D eigenvalue weighted by Gasteiger charge is -2.05. The predicted molar refractivity (Wildman–Crippen MR) is 89.6 cm³/mol.